The Hall–Kier alpha value is -0.710. The van der Waals surface area contributed by atoms with Gasteiger partial charge < -0.3 is 10.2 Å². The van der Waals surface area contributed by atoms with Crippen LogP contribution >= 0.6 is 0 Å². The van der Waals surface area contributed by atoms with Crippen molar-refractivity contribution in [2.75, 3.05) is 20.1 Å². The van der Waals surface area contributed by atoms with Crippen LogP contribution in [0.25, 0.3) is 0 Å². The van der Waals surface area contributed by atoms with E-state index in [1.807, 2.05) is 11.9 Å². The minimum absolute atomic E-state index is 0.0717. The molecular weight excluding hydrogens is 250 g/mol. The summed E-state index contributed by atoms with van der Waals surface area (Å²) in [5.74, 6) is -2.68. The summed E-state index contributed by atoms with van der Waals surface area (Å²) in [5, 5.41) is 3.32. The molecule has 0 radical (unpaired) electrons. The lowest BCUT2D eigenvalue weighted by atomic mass is 9.85. The molecular formula is C14H24F2N2O. The zero-order valence-electron chi connectivity index (χ0n) is 11.6. The molecule has 1 saturated heterocycles. The van der Waals surface area contributed by atoms with E-state index in [2.05, 4.69) is 5.32 Å². The molecule has 3 nitrogen and oxygen atoms in total. The van der Waals surface area contributed by atoms with Crippen molar-refractivity contribution < 1.29 is 13.6 Å². The summed E-state index contributed by atoms with van der Waals surface area (Å²) in [5.41, 5.74) is 0. The van der Waals surface area contributed by atoms with Gasteiger partial charge in [0.2, 0.25) is 11.8 Å². The van der Waals surface area contributed by atoms with Crippen LogP contribution in [0.1, 0.15) is 44.9 Å². The standard InChI is InChI=1S/C14H24F2N2O/c1-18(12-3-2-9-17-10-6-12)13(19)11-4-7-14(15,16)8-5-11/h11-12,17H,2-10H2,1H3. The Morgan fingerprint density at radius 1 is 1.16 bits per heavy atom. The molecule has 0 bridgehead atoms. The zero-order valence-corrected chi connectivity index (χ0v) is 11.6. The van der Waals surface area contributed by atoms with E-state index in [0.717, 1.165) is 32.4 Å². The molecule has 0 aromatic carbocycles. The number of hydrogen-bond acceptors (Lipinski definition) is 2. The summed E-state index contributed by atoms with van der Waals surface area (Å²) < 4.78 is 26.2. The molecule has 2 fully saturated rings. The Bertz CT molecular complexity index is 305. The highest BCUT2D eigenvalue weighted by Crippen LogP contribution is 2.37. The fourth-order valence-electron chi connectivity index (χ4n) is 3.14. The number of carbonyl (C=O) groups excluding carboxylic acids is 1. The third-order valence-electron chi connectivity index (χ3n) is 4.51. The lowest BCUT2D eigenvalue weighted by molar-refractivity contribution is -0.140. The molecule has 1 amide bonds. The maximum atomic E-state index is 13.1. The summed E-state index contributed by atoms with van der Waals surface area (Å²) in [4.78, 5) is 14.2. The van der Waals surface area contributed by atoms with Gasteiger partial charge in [-0.1, -0.05) is 0 Å². The van der Waals surface area contributed by atoms with Crippen molar-refractivity contribution in [3.05, 3.63) is 0 Å². The van der Waals surface area contributed by atoms with E-state index < -0.39 is 5.92 Å². The van der Waals surface area contributed by atoms with Gasteiger partial charge in [0, 0.05) is 31.8 Å². The van der Waals surface area contributed by atoms with Crippen molar-refractivity contribution in [3.8, 4) is 0 Å². The van der Waals surface area contributed by atoms with Crippen LogP contribution in [0, 0.1) is 5.92 Å². The Labute approximate surface area is 113 Å². The van der Waals surface area contributed by atoms with Crippen LogP contribution in [-0.2, 0) is 4.79 Å². The fourth-order valence-corrected chi connectivity index (χ4v) is 3.14. The van der Waals surface area contributed by atoms with Crippen molar-refractivity contribution in [1.82, 2.24) is 10.2 Å². The molecule has 0 spiro atoms. The first-order valence-corrected chi connectivity index (χ1v) is 7.35. The molecule has 0 aromatic rings. The van der Waals surface area contributed by atoms with Gasteiger partial charge in [-0.2, -0.15) is 0 Å². The molecule has 0 aromatic heterocycles. The molecule has 110 valence electrons. The van der Waals surface area contributed by atoms with Crippen LogP contribution in [0.5, 0.6) is 0 Å². The quantitative estimate of drug-likeness (QED) is 0.838. The molecule has 19 heavy (non-hydrogen) atoms. The third-order valence-corrected chi connectivity index (χ3v) is 4.51. The maximum absolute atomic E-state index is 13.1. The van der Waals surface area contributed by atoms with Crippen LogP contribution in [0.3, 0.4) is 0 Å². The molecule has 2 rings (SSSR count). The molecule has 5 heteroatoms. The first-order chi connectivity index (χ1) is 8.99. The highest BCUT2D eigenvalue weighted by molar-refractivity contribution is 5.79. The van der Waals surface area contributed by atoms with Gasteiger partial charge >= 0.3 is 0 Å². The first kappa shape index (κ1) is 14.7. The number of carbonyl (C=O) groups is 1. The van der Waals surface area contributed by atoms with E-state index in [-0.39, 0.29) is 30.7 Å². The highest BCUT2D eigenvalue weighted by Gasteiger charge is 2.38. The predicted molar refractivity (Wildman–Crippen MR) is 70.2 cm³/mol. The monoisotopic (exact) mass is 274 g/mol. The average Bonchev–Trinajstić information content (AvgIpc) is 2.66. The van der Waals surface area contributed by atoms with Crippen molar-refractivity contribution in [2.24, 2.45) is 5.92 Å². The van der Waals surface area contributed by atoms with E-state index >= 15 is 0 Å². The summed E-state index contributed by atoms with van der Waals surface area (Å²) in [6.07, 6.45) is 3.45. The predicted octanol–water partition coefficient (Wildman–Crippen LogP) is 2.41. The van der Waals surface area contributed by atoms with Crippen LogP contribution < -0.4 is 5.32 Å². The van der Waals surface area contributed by atoms with E-state index in [1.165, 1.54) is 0 Å². The Balaban J connectivity index is 1.88. The molecule has 1 atom stereocenters. The Morgan fingerprint density at radius 2 is 1.84 bits per heavy atom. The Morgan fingerprint density at radius 3 is 2.53 bits per heavy atom. The SMILES string of the molecule is CN(C(=O)C1CCC(F)(F)CC1)C1CCCNCC1. The number of halogens is 2. The van der Waals surface area contributed by atoms with E-state index in [4.69, 9.17) is 0 Å². The second kappa shape index (κ2) is 6.16. The van der Waals surface area contributed by atoms with Crippen LogP contribution in [0.15, 0.2) is 0 Å². The summed E-state index contributed by atoms with van der Waals surface area (Å²) in [7, 11) is 1.84. The van der Waals surface area contributed by atoms with E-state index in [0.29, 0.717) is 12.8 Å². The van der Waals surface area contributed by atoms with Gasteiger partial charge in [-0.15, -0.1) is 0 Å². The van der Waals surface area contributed by atoms with E-state index in [9.17, 15) is 13.6 Å². The van der Waals surface area contributed by atoms with Crippen molar-refractivity contribution in [3.63, 3.8) is 0 Å². The number of nitrogens with one attached hydrogen (secondary N) is 1. The average molecular weight is 274 g/mol. The Kier molecular flexibility index (Phi) is 4.76. The summed E-state index contributed by atoms with van der Waals surface area (Å²) in [6, 6.07) is 0.268. The van der Waals surface area contributed by atoms with Gasteiger partial charge in [-0.25, -0.2) is 8.78 Å². The number of amides is 1. The largest absolute Gasteiger partial charge is 0.342 e. The minimum atomic E-state index is -2.55. The summed E-state index contributed by atoms with van der Waals surface area (Å²) >= 11 is 0. The smallest absolute Gasteiger partial charge is 0.248 e. The normalized spacial score (nSPS) is 28.7. The zero-order chi connectivity index (χ0) is 13.9. The van der Waals surface area contributed by atoms with Crippen LogP contribution in [-0.4, -0.2) is 42.9 Å². The topological polar surface area (TPSA) is 32.3 Å². The number of hydrogen-bond donors (Lipinski definition) is 1. The molecule has 1 saturated carbocycles. The molecule has 2 aliphatic rings. The van der Waals surface area contributed by atoms with Gasteiger partial charge in [-0.05, 0) is 45.2 Å². The second-order valence-corrected chi connectivity index (χ2v) is 5.91. The van der Waals surface area contributed by atoms with Crippen molar-refractivity contribution in [1.29, 1.82) is 0 Å². The first-order valence-electron chi connectivity index (χ1n) is 7.35. The number of rotatable bonds is 2. The number of alkyl halides is 2. The summed E-state index contributed by atoms with van der Waals surface area (Å²) in [6.45, 7) is 1.94. The highest BCUT2D eigenvalue weighted by atomic mass is 19.3. The van der Waals surface area contributed by atoms with Gasteiger partial charge in [0.05, 0.1) is 0 Å². The maximum Gasteiger partial charge on any atom is 0.248 e. The van der Waals surface area contributed by atoms with E-state index in [1.54, 1.807) is 0 Å². The minimum Gasteiger partial charge on any atom is -0.342 e. The molecule has 1 N–H and O–H groups in total. The lowest BCUT2D eigenvalue weighted by Gasteiger charge is -2.34. The van der Waals surface area contributed by atoms with Crippen LogP contribution in [0.4, 0.5) is 8.78 Å². The van der Waals surface area contributed by atoms with Gasteiger partial charge in [0.15, 0.2) is 0 Å². The van der Waals surface area contributed by atoms with Gasteiger partial charge in [0.1, 0.15) is 0 Å². The lowest BCUT2D eigenvalue weighted by Crippen LogP contribution is -2.43. The molecule has 1 aliphatic carbocycles. The fraction of sp³-hybridized carbons (Fsp3) is 0.929. The van der Waals surface area contributed by atoms with Crippen LogP contribution in [0.2, 0.25) is 0 Å². The molecule has 1 aliphatic heterocycles. The van der Waals surface area contributed by atoms with Crippen molar-refractivity contribution in [2.45, 2.75) is 56.9 Å². The molecule has 1 unspecified atom stereocenters. The van der Waals surface area contributed by atoms with Crippen molar-refractivity contribution >= 4 is 5.91 Å². The molecule has 1 heterocycles. The second-order valence-electron chi connectivity index (χ2n) is 5.91. The van der Waals surface area contributed by atoms with Gasteiger partial charge in [-0.3, -0.25) is 4.79 Å². The number of nitrogens with zero attached hydrogens (tertiary/aromatic N) is 1. The van der Waals surface area contributed by atoms with Gasteiger partial charge in [0.25, 0.3) is 0 Å². The third kappa shape index (κ3) is 3.88.